The van der Waals surface area contributed by atoms with E-state index < -0.39 is 5.41 Å². The zero-order valence-corrected chi connectivity index (χ0v) is 10.1. The molecule has 0 atom stereocenters. The van der Waals surface area contributed by atoms with Crippen LogP contribution < -0.4 is 5.43 Å². The Morgan fingerprint density at radius 2 is 1.82 bits per heavy atom. The zero-order chi connectivity index (χ0) is 12.6. The van der Waals surface area contributed by atoms with Crippen LogP contribution in [0, 0.1) is 5.41 Å². The second-order valence-electron chi connectivity index (χ2n) is 5.05. The van der Waals surface area contributed by atoms with Crippen molar-refractivity contribution in [2.75, 3.05) is 0 Å². The van der Waals surface area contributed by atoms with Gasteiger partial charge in [-0.3, -0.25) is 9.59 Å². The molecule has 17 heavy (non-hydrogen) atoms. The highest BCUT2D eigenvalue weighted by molar-refractivity contribution is 6.01. The molecular formula is C14H14O3. The van der Waals surface area contributed by atoms with Crippen LogP contribution >= 0.6 is 0 Å². The summed E-state index contributed by atoms with van der Waals surface area (Å²) in [7, 11) is 0. The maximum atomic E-state index is 12.1. The molecule has 0 N–H and O–H groups in total. The molecule has 1 aromatic heterocycles. The van der Waals surface area contributed by atoms with Crippen molar-refractivity contribution >= 4 is 16.8 Å². The van der Waals surface area contributed by atoms with Crippen molar-refractivity contribution in [3.63, 3.8) is 0 Å². The van der Waals surface area contributed by atoms with E-state index in [1.165, 1.54) is 6.26 Å². The molecular weight excluding hydrogens is 216 g/mol. The lowest BCUT2D eigenvalue weighted by molar-refractivity contribution is 0.0855. The molecule has 2 rings (SSSR count). The average Bonchev–Trinajstić information content (AvgIpc) is 2.28. The van der Waals surface area contributed by atoms with Gasteiger partial charge in [-0.05, 0) is 12.1 Å². The Labute approximate surface area is 99.1 Å². The Morgan fingerprint density at radius 1 is 1.18 bits per heavy atom. The fourth-order valence-electron chi connectivity index (χ4n) is 1.64. The minimum absolute atomic E-state index is 0.121. The molecule has 0 saturated heterocycles. The smallest absolute Gasteiger partial charge is 0.203 e. The molecule has 0 bridgehead atoms. The number of ketones is 1. The summed E-state index contributed by atoms with van der Waals surface area (Å²) >= 11 is 0. The summed E-state index contributed by atoms with van der Waals surface area (Å²) in [4.78, 5) is 24.2. The molecule has 0 saturated carbocycles. The van der Waals surface area contributed by atoms with Gasteiger partial charge in [0.05, 0.1) is 5.39 Å². The van der Waals surface area contributed by atoms with Crippen molar-refractivity contribution in [2.24, 2.45) is 5.41 Å². The normalized spacial score (nSPS) is 11.7. The number of benzene rings is 1. The largest absolute Gasteiger partial charge is 0.463 e. The number of Topliss-reactive ketones (excluding diaryl/α,β-unsaturated/α-hetero) is 1. The highest BCUT2D eigenvalue weighted by Gasteiger charge is 2.26. The van der Waals surface area contributed by atoms with Gasteiger partial charge in [-0.2, -0.15) is 0 Å². The van der Waals surface area contributed by atoms with E-state index in [0.717, 1.165) is 0 Å². The number of rotatable bonds is 1. The molecule has 1 heterocycles. The van der Waals surface area contributed by atoms with Gasteiger partial charge in [0.25, 0.3) is 0 Å². The van der Waals surface area contributed by atoms with E-state index in [4.69, 9.17) is 4.42 Å². The summed E-state index contributed by atoms with van der Waals surface area (Å²) in [5.74, 6) is -0.197. The number of fused-ring (bicyclic) bond motifs is 1. The minimum atomic E-state index is -0.586. The molecule has 2 aromatic rings. The quantitative estimate of drug-likeness (QED) is 0.707. The Bertz CT molecular complexity index is 630. The SMILES string of the molecule is CC(C)(C)C(=O)c1coc2ccccc2c1=O. The van der Waals surface area contributed by atoms with Crippen LogP contribution in [-0.2, 0) is 0 Å². The van der Waals surface area contributed by atoms with Crippen LogP contribution in [0.2, 0.25) is 0 Å². The van der Waals surface area contributed by atoms with Crippen molar-refractivity contribution in [1.82, 2.24) is 0 Å². The number of hydrogen-bond acceptors (Lipinski definition) is 3. The summed E-state index contributed by atoms with van der Waals surface area (Å²) in [5.41, 5.74) is -0.220. The Balaban J connectivity index is 2.70. The number of carbonyl (C=O) groups is 1. The van der Waals surface area contributed by atoms with Crippen LogP contribution in [0.25, 0.3) is 11.0 Å². The zero-order valence-electron chi connectivity index (χ0n) is 10.1. The van der Waals surface area contributed by atoms with E-state index in [1.807, 2.05) is 0 Å². The molecule has 0 fully saturated rings. The average molecular weight is 230 g/mol. The van der Waals surface area contributed by atoms with Crippen LogP contribution in [-0.4, -0.2) is 5.78 Å². The van der Waals surface area contributed by atoms with E-state index in [2.05, 4.69) is 0 Å². The van der Waals surface area contributed by atoms with Gasteiger partial charge in [0.1, 0.15) is 17.4 Å². The molecule has 88 valence electrons. The van der Waals surface area contributed by atoms with Crippen molar-refractivity contribution < 1.29 is 9.21 Å². The van der Waals surface area contributed by atoms with E-state index >= 15 is 0 Å². The minimum Gasteiger partial charge on any atom is -0.463 e. The standard InChI is InChI=1S/C14H14O3/c1-14(2,3)13(16)10-8-17-11-7-5-4-6-9(11)12(10)15/h4-8H,1-3H3. The van der Waals surface area contributed by atoms with E-state index in [9.17, 15) is 9.59 Å². The fraction of sp³-hybridized carbons (Fsp3) is 0.286. The third-order valence-corrected chi connectivity index (χ3v) is 2.61. The van der Waals surface area contributed by atoms with Crippen LogP contribution in [0.3, 0.4) is 0 Å². The molecule has 0 aliphatic heterocycles. The van der Waals surface area contributed by atoms with E-state index in [0.29, 0.717) is 11.0 Å². The van der Waals surface area contributed by atoms with Gasteiger partial charge in [0.15, 0.2) is 5.78 Å². The van der Waals surface area contributed by atoms with Gasteiger partial charge >= 0.3 is 0 Å². The van der Waals surface area contributed by atoms with Crippen LogP contribution in [0.1, 0.15) is 31.1 Å². The van der Waals surface area contributed by atoms with Gasteiger partial charge in [0.2, 0.25) is 5.43 Å². The van der Waals surface area contributed by atoms with Crippen molar-refractivity contribution in [3.05, 3.63) is 46.3 Å². The summed E-state index contributed by atoms with van der Waals surface area (Å²) in [6.45, 7) is 5.35. The van der Waals surface area contributed by atoms with Crippen LogP contribution in [0.4, 0.5) is 0 Å². The highest BCUT2D eigenvalue weighted by atomic mass is 16.3. The molecule has 3 nitrogen and oxygen atoms in total. The highest BCUT2D eigenvalue weighted by Crippen LogP contribution is 2.20. The molecule has 0 unspecified atom stereocenters. The van der Waals surface area contributed by atoms with Crippen molar-refractivity contribution in [1.29, 1.82) is 0 Å². The van der Waals surface area contributed by atoms with Gasteiger partial charge in [0, 0.05) is 5.41 Å². The fourth-order valence-corrected chi connectivity index (χ4v) is 1.64. The van der Waals surface area contributed by atoms with Crippen molar-refractivity contribution in [2.45, 2.75) is 20.8 Å². The topological polar surface area (TPSA) is 47.3 Å². The summed E-state index contributed by atoms with van der Waals surface area (Å²) in [6.07, 6.45) is 1.26. The summed E-state index contributed by atoms with van der Waals surface area (Å²) in [6, 6.07) is 6.92. The summed E-state index contributed by atoms with van der Waals surface area (Å²) in [5, 5.41) is 0.447. The molecule has 0 aliphatic carbocycles. The third kappa shape index (κ3) is 2.00. The predicted octanol–water partition coefficient (Wildman–Crippen LogP) is 3.02. The maximum absolute atomic E-state index is 12.1. The van der Waals surface area contributed by atoms with Crippen LogP contribution in [0.15, 0.2) is 39.7 Å². The van der Waals surface area contributed by atoms with Crippen LogP contribution in [0.5, 0.6) is 0 Å². The maximum Gasteiger partial charge on any atom is 0.203 e. The lowest BCUT2D eigenvalue weighted by Crippen LogP contribution is -2.26. The first-order chi connectivity index (χ1) is 7.91. The third-order valence-electron chi connectivity index (χ3n) is 2.61. The molecule has 0 spiro atoms. The second-order valence-corrected chi connectivity index (χ2v) is 5.05. The predicted molar refractivity (Wildman–Crippen MR) is 66.3 cm³/mol. The number of para-hydroxylation sites is 1. The molecule has 0 radical (unpaired) electrons. The molecule has 1 aromatic carbocycles. The van der Waals surface area contributed by atoms with Crippen molar-refractivity contribution in [3.8, 4) is 0 Å². The van der Waals surface area contributed by atoms with E-state index in [-0.39, 0.29) is 16.8 Å². The Morgan fingerprint density at radius 3 is 2.47 bits per heavy atom. The van der Waals surface area contributed by atoms with E-state index in [1.54, 1.807) is 45.0 Å². The van der Waals surface area contributed by atoms with Gasteiger partial charge in [-0.15, -0.1) is 0 Å². The molecule has 0 amide bonds. The Kier molecular flexibility index (Phi) is 2.62. The number of hydrogen-bond donors (Lipinski definition) is 0. The van der Waals surface area contributed by atoms with Gasteiger partial charge in [-0.1, -0.05) is 32.9 Å². The van der Waals surface area contributed by atoms with Gasteiger partial charge < -0.3 is 4.42 Å². The summed E-state index contributed by atoms with van der Waals surface area (Å²) < 4.78 is 5.32. The molecule has 3 heteroatoms. The first-order valence-corrected chi connectivity index (χ1v) is 5.46. The monoisotopic (exact) mass is 230 g/mol. The first-order valence-electron chi connectivity index (χ1n) is 5.46. The first kappa shape index (κ1) is 11.6. The molecule has 0 aliphatic rings. The lowest BCUT2D eigenvalue weighted by Gasteiger charge is -2.15. The Hall–Kier alpha value is -1.90. The van der Waals surface area contributed by atoms with Gasteiger partial charge in [-0.25, -0.2) is 0 Å². The number of carbonyl (C=O) groups excluding carboxylic acids is 1. The lowest BCUT2D eigenvalue weighted by atomic mass is 9.87. The second kappa shape index (κ2) is 3.84.